The van der Waals surface area contributed by atoms with Gasteiger partial charge in [0, 0.05) is 12.1 Å². The Bertz CT molecular complexity index is 1910. The molecule has 47 heavy (non-hydrogen) atoms. The Balaban J connectivity index is 1.13. The van der Waals surface area contributed by atoms with Crippen LogP contribution in [0.2, 0.25) is 0 Å². The predicted molar refractivity (Wildman–Crippen MR) is 177 cm³/mol. The van der Waals surface area contributed by atoms with Crippen molar-refractivity contribution < 1.29 is 28.7 Å². The Morgan fingerprint density at radius 3 is 2.40 bits per heavy atom. The number of hydrogen-bond donors (Lipinski definition) is 2. The second-order valence-corrected chi connectivity index (χ2v) is 12.2. The number of benzene rings is 4. The van der Waals surface area contributed by atoms with Gasteiger partial charge in [-0.25, -0.2) is 9.59 Å². The third-order valence-electron chi connectivity index (χ3n) is 7.60. The van der Waals surface area contributed by atoms with E-state index in [1.54, 1.807) is 25.7 Å². The molecule has 2 amide bonds. The first kappa shape index (κ1) is 31.3. The Kier molecular flexibility index (Phi) is 8.88. The van der Waals surface area contributed by atoms with Crippen LogP contribution in [0.15, 0.2) is 101 Å². The Labute approximate surface area is 271 Å². The number of fused-ring (bicyclic) bond motifs is 1. The van der Waals surface area contributed by atoms with Crippen LogP contribution in [0, 0.1) is 0 Å². The fraction of sp³-hybridized carbons (Fsp3) is 0.250. The molecule has 11 heteroatoms. The zero-order valence-corrected chi connectivity index (χ0v) is 26.3. The molecular formula is C36H35N5O6. The van der Waals surface area contributed by atoms with E-state index in [9.17, 15) is 14.7 Å². The molecule has 240 valence electrons. The van der Waals surface area contributed by atoms with Crippen LogP contribution < -0.4 is 10.1 Å². The van der Waals surface area contributed by atoms with Crippen molar-refractivity contribution in [1.29, 1.82) is 0 Å². The maximum atomic E-state index is 12.4. The minimum absolute atomic E-state index is 0.151. The molecule has 5 aromatic rings. The van der Waals surface area contributed by atoms with E-state index < -0.39 is 23.8 Å². The number of rotatable bonds is 6. The van der Waals surface area contributed by atoms with Gasteiger partial charge in [-0.2, -0.15) is 4.98 Å². The molecule has 4 aromatic carbocycles. The number of carbonyl (C=O) groups excluding carboxylic acids is 1. The summed E-state index contributed by atoms with van der Waals surface area (Å²) in [5, 5.41) is 18.0. The maximum absolute atomic E-state index is 12.4. The number of amides is 2. The van der Waals surface area contributed by atoms with Crippen molar-refractivity contribution in [3.8, 4) is 28.3 Å². The Hall–Kier alpha value is -5.71. The van der Waals surface area contributed by atoms with Crippen LogP contribution in [0.4, 0.5) is 9.59 Å². The van der Waals surface area contributed by atoms with E-state index >= 15 is 0 Å². The molecule has 11 nitrogen and oxygen atoms in total. The molecule has 0 radical (unpaired) electrons. The summed E-state index contributed by atoms with van der Waals surface area (Å²) in [7, 11) is 0. The number of ether oxygens (including phenoxy) is 2. The molecule has 0 aliphatic carbocycles. The summed E-state index contributed by atoms with van der Waals surface area (Å²) in [6.45, 7) is 6.03. The van der Waals surface area contributed by atoms with E-state index in [-0.39, 0.29) is 5.96 Å². The molecule has 0 spiro atoms. The van der Waals surface area contributed by atoms with Gasteiger partial charge in [-0.3, -0.25) is 5.32 Å². The van der Waals surface area contributed by atoms with E-state index in [4.69, 9.17) is 14.0 Å². The lowest BCUT2D eigenvalue weighted by molar-refractivity contribution is 0.0555. The summed E-state index contributed by atoms with van der Waals surface area (Å²) < 4.78 is 17.0. The first-order valence-electron chi connectivity index (χ1n) is 15.3. The number of guanidine groups is 1. The molecule has 2 heterocycles. The number of aromatic nitrogens is 2. The number of aliphatic imine (C=N–C) groups is 1. The SMILES string of the molecule is CC(C)(C)OC(=O)N/C(=N/C(=O)O)N1CCC[C@H]1c1nc(-c2ccc3cc(OCc4ccc(-c5ccccc5)cc4)ccc3c2)no1. The number of likely N-dealkylation sites (tertiary alicyclic amines) is 1. The number of carbonyl (C=O) groups is 2. The number of alkyl carbamates (subject to hydrolysis) is 1. The van der Waals surface area contributed by atoms with Gasteiger partial charge in [0.25, 0.3) is 0 Å². The largest absolute Gasteiger partial charge is 0.489 e. The van der Waals surface area contributed by atoms with Crippen molar-refractivity contribution in [2.75, 3.05) is 6.54 Å². The number of nitrogens with one attached hydrogen (secondary N) is 1. The minimum Gasteiger partial charge on any atom is -0.489 e. The van der Waals surface area contributed by atoms with Crippen molar-refractivity contribution in [2.45, 2.75) is 51.9 Å². The molecule has 1 aliphatic heterocycles. The smallest absolute Gasteiger partial charge is 0.434 e. The molecule has 1 aliphatic rings. The highest BCUT2D eigenvalue weighted by Gasteiger charge is 2.35. The van der Waals surface area contributed by atoms with Gasteiger partial charge in [-0.15, -0.1) is 4.99 Å². The van der Waals surface area contributed by atoms with Gasteiger partial charge in [-0.05, 0) is 79.3 Å². The highest BCUT2D eigenvalue weighted by Crippen LogP contribution is 2.33. The lowest BCUT2D eigenvalue weighted by Crippen LogP contribution is -2.46. The molecule has 1 aromatic heterocycles. The third-order valence-corrected chi connectivity index (χ3v) is 7.60. The molecule has 1 fully saturated rings. The number of carboxylic acid groups (broad SMARTS) is 1. The minimum atomic E-state index is -1.45. The molecule has 2 N–H and O–H groups in total. The van der Waals surface area contributed by atoms with Gasteiger partial charge >= 0.3 is 12.2 Å². The molecular weight excluding hydrogens is 598 g/mol. The van der Waals surface area contributed by atoms with E-state index in [1.165, 1.54) is 5.56 Å². The summed E-state index contributed by atoms with van der Waals surface area (Å²) in [6.07, 6.45) is -0.948. The van der Waals surface area contributed by atoms with Crippen molar-refractivity contribution in [3.63, 3.8) is 0 Å². The van der Waals surface area contributed by atoms with E-state index in [2.05, 4.69) is 56.8 Å². The summed E-state index contributed by atoms with van der Waals surface area (Å²) >= 11 is 0. The van der Waals surface area contributed by atoms with Gasteiger partial charge in [0.15, 0.2) is 0 Å². The fourth-order valence-corrected chi connectivity index (χ4v) is 5.46. The Morgan fingerprint density at radius 1 is 0.957 bits per heavy atom. The molecule has 1 saturated heterocycles. The quantitative estimate of drug-likeness (QED) is 0.141. The summed E-state index contributed by atoms with van der Waals surface area (Å²) in [6, 6.07) is 29.9. The van der Waals surface area contributed by atoms with Crippen LogP contribution in [-0.4, -0.2) is 50.4 Å². The average Bonchev–Trinajstić information content (AvgIpc) is 3.73. The van der Waals surface area contributed by atoms with Gasteiger partial charge < -0.3 is 24.0 Å². The number of hydrogen-bond acceptors (Lipinski definition) is 7. The van der Waals surface area contributed by atoms with Crippen molar-refractivity contribution in [2.24, 2.45) is 4.99 Å². The van der Waals surface area contributed by atoms with Gasteiger partial charge in [-0.1, -0.05) is 78.0 Å². The molecule has 0 bridgehead atoms. The monoisotopic (exact) mass is 633 g/mol. The van der Waals surface area contributed by atoms with E-state index in [0.29, 0.717) is 37.7 Å². The zero-order valence-electron chi connectivity index (χ0n) is 26.3. The summed E-state index contributed by atoms with van der Waals surface area (Å²) in [4.78, 5) is 33.8. The molecule has 0 unspecified atom stereocenters. The van der Waals surface area contributed by atoms with Crippen LogP contribution in [0.1, 0.15) is 51.1 Å². The second kappa shape index (κ2) is 13.3. The normalized spacial score (nSPS) is 15.1. The highest BCUT2D eigenvalue weighted by atomic mass is 16.6. The van der Waals surface area contributed by atoms with Crippen LogP contribution in [0.25, 0.3) is 33.3 Å². The predicted octanol–water partition coefficient (Wildman–Crippen LogP) is 7.83. The topological polar surface area (TPSA) is 139 Å². The van der Waals surface area contributed by atoms with E-state index in [1.807, 2.05) is 54.6 Å². The van der Waals surface area contributed by atoms with Crippen LogP contribution >= 0.6 is 0 Å². The standard InChI is InChI=1S/C36H35N5O6/c1-36(2,3)46-35(44)39-33(38-34(42)43)41-19-7-10-30(41)32-37-31(40-47-32)28-16-15-27-21-29(18-17-26(27)20-28)45-22-23-11-13-25(14-12-23)24-8-5-4-6-9-24/h4-6,8-9,11-18,20-21,30H,7,10,19,22H2,1-3H3,(H,42,43)(H,38,39,44)/t30-/m0/s1. The highest BCUT2D eigenvalue weighted by molar-refractivity contribution is 5.98. The van der Waals surface area contributed by atoms with Crippen molar-refractivity contribution in [3.05, 3.63) is 102 Å². The number of nitrogens with zero attached hydrogens (tertiary/aromatic N) is 4. The van der Waals surface area contributed by atoms with Crippen LogP contribution in [0.5, 0.6) is 5.75 Å². The van der Waals surface area contributed by atoms with Gasteiger partial charge in [0.05, 0.1) is 0 Å². The Morgan fingerprint density at radius 2 is 1.66 bits per heavy atom. The fourth-order valence-electron chi connectivity index (χ4n) is 5.46. The van der Waals surface area contributed by atoms with Gasteiger partial charge in [0.2, 0.25) is 17.7 Å². The lowest BCUT2D eigenvalue weighted by Gasteiger charge is -2.26. The average molecular weight is 634 g/mol. The summed E-state index contributed by atoms with van der Waals surface area (Å²) in [5.41, 5.74) is 3.41. The molecule has 0 saturated carbocycles. The maximum Gasteiger partial charge on any atom is 0.434 e. The third kappa shape index (κ3) is 7.75. The van der Waals surface area contributed by atoms with Crippen LogP contribution in [-0.2, 0) is 11.3 Å². The zero-order chi connectivity index (χ0) is 33.0. The second-order valence-electron chi connectivity index (χ2n) is 12.2. The first-order chi connectivity index (χ1) is 22.6. The van der Waals surface area contributed by atoms with Gasteiger partial charge in [0.1, 0.15) is 24.0 Å². The van der Waals surface area contributed by atoms with Crippen molar-refractivity contribution in [1.82, 2.24) is 20.4 Å². The van der Waals surface area contributed by atoms with E-state index in [0.717, 1.165) is 33.2 Å². The van der Waals surface area contributed by atoms with Crippen molar-refractivity contribution >= 4 is 28.9 Å². The lowest BCUT2D eigenvalue weighted by atomic mass is 10.0. The molecule has 1 atom stereocenters. The first-order valence-corrected chi connectivity index (χ1v) is 15.3. The molecule has 6 rings (SSSR count). The summed E-state index contributed by atoms with van der Waals surface area (Å²) in [5.74, 6) is 1.30. The van der Waals surface area contributed by atoms with Crippen LogP contribution in [0.3, 0.4) is 0 Å².